The van der Waals surface area contributed by atoms with Crippen LogP contribution in [-0.2, 0) is 4.79 Å². The van der Waals surface area contributed by atoms with Crippen LogP contribution >= 0.6 is 0 Å². The number of aromatic nitrogens is 1. The Morgan fingerprint density at radius 2 is 2.10 bits per heavy atom. The van der Waals surface area contributed by atoms with Gasteiger partial charge in [0.15, 0.2) is 0 Å². The Bertz CT molecular complexity index is 1070. The Balaban J connectivity index is 1.99. The van der Waals surface area contributed by atoms with Gasteiger partial charge in [-0.2, -0.15) is 0 Å². The fraction of sp³-hybridized carbons (Fsp3) is 0.364. The minimum Gasteiger partial charge on any atom is -0.358 e. The Kier molecular flexibility index (Phi) is 5.04. The molecular weight excluding hydrogens is 371 g/mol. The largest absolute Gasteiger partial charge is 0.358 e. The minimum atomic E-state index is -2.61. The lowest BCUT2D eigenvalue weighted by Gasteiger charge is -2.18. The van der Waals surface area contributed by atoms with E-state index in [2.05, 4.69) is 20.5 Å². The molecule has 3 rings (SSSR count). The summed E-state index contributed by atoms with van der Waals surface area (Å²) in [6, 6.07) is 3.89. The fourth-order valence-electron chi connectivity index (χ4n) is 3.44. The second kappa shape index (κ2) is 8.61. The molecule has 3 N–H and O–H groups in total. The number of hydrogen-bond donors (Lipinski definition) is 3. The maximum absolute atomic E-state index is 13.7. The van der Waals surface area contributed by atoms with Crippen molar-refractivity contribution < 1.29 is 18.1 Å². The number of carbonyl (C=O) groups excluding carboxylic acids is 2. The van der Waals surface area contributed by atoms with Gasteiger partial charge in [0.1, 0.15) is 5.82 Å². The predicted octanol–water partition coefficient (Wildman–Crippen LogP) is 3.33. The van der Waals surface area contributed by atoms with Crippen LogP contribution in [0.25, 0.3) is 11.6 Å². The van der Waals surface area contributed by atoms with Gasteiger partial charge in [-0.05, 0) is 56.7 Å². The van der Waals surface area contributed by atoms with Crippen LogP contribution in [0, 0.1) is 19.6 Å². The zero-order valence-corrected chi connectivity index (χ0v) is 16.8. The quantitative estimate of drug-likeness (QED) is 0.623. The SMILES string of the molecule is [2H]C([2H])([2H])c1c(/C=C2\C(=O)Nc3ccc(F)cc32)[nH]c(C)c1C(=O)NCCN(CC)CC. The second-order valence-corrected chi connectivity index (χ2v) is 6.90. The van der Waals surface area contributed by atoms with Crippen molar-refractivity contribution in [3.63, 3.8) is 0 Å². The molecule has 1 aromatic carbocycles. The molecule has 2 heterocycles. The van der Waals surface area contributed by atoms with Crippen LogP contribution in [0.2, 0.25) is 0 Å². The Hall–Kier alpha value is -2.93. The highest BCUT2D eigenvalue weighted by Gasteiger charge is 2.26. The number of anilines is 1. The highest BCUT2D eigenvalue weighted by atomic mass is 19.1. The lowest BCUT2D eigenvalue weighted by molar-refractivity contribution is -0.110. The van der Waals surface area contributed by atoms with E-state index in [4.69, 9.17) is 4.11 Å². The fourth-order valence-corrected chi connectivity index (χ4v) is 3.44. The molecule has 0 aliphatic carbocycles. The lowest BCUT2D eigenvalue weighted by atomic mass is 10.0. The first-order chi connectivity index (χ1) is 15.1. The number of rotatable bonds is 7. The molecule has 6 nitrogen and oxygen atoms in total. The van der Waals surface area contributed by atoms with Crippen molar-refractivity contribution in [1.29, 1.82) is 0 Å². The minimum absolute atomic E-state index is 0.0364. The summed E-state index contributed by atoms with van der Waals surface area (Å²) in [5, 5.41) is 5.42. The van der Waals surface area contributed by atoms with Crippen LogP contribution in [-0.4, -0.2) is 47.9 Å². The number of benzene rings is 1. The number of H-pyrrole nitrogens is 1. The molecule has 0 spiro atoms. The average molecular weight is 402 g/mol. The molecule has 0 fully saturated rings. The first-order valence-electron chi connectivity index (χ1n) is 11.1. The van der Waals surface area contributed by atoms with Gasteiger partial charge in [0.05, 0.1) is 11.1 Å². The van der Waals surface area contributed by atoms with Gasteiger partial charge in [-0.1, -0.05) is 13.8 Å². The van der Waals surface area contributed by atoms with Gasteiger partial charge in [0.2, 0.25) is 0 Å². The second-order valence-electron chi connectivity index (χ2n) is 6.90. The summed E-state index contributed by atoms with van der Waals surface area (Å²) in [5.41, 5.74) is 1.27. The van der Waals surface area contributed by atoms with Crippen LogP contribution in [0.15, 0.2) is 18.2 Å². The van der Waals surface area contributed by atoms with Gasteiger partial charge < -0.3 is 20.5 Å². The first-order valence-corrected chi connectivity index (χ1v) is 9.63. The van der Waals surface area contributed by atoms with Gasteiger partial charge in [0.25, 0.3) is 11.8 Å². The van der Waals surface area contributed by atoms with Crippen molar-refractivity contribution >= 4 is 29.2 Å². The molecule has 1 aliphatic heterocycles. The first kappa shape index (κ1) is 17.0. The van der Waals surface area contributed by atoms with Crippen molar-refractivity contribution in [2.75, 3.05) is 31.5 Å². The highest BCUT2D eigenvalue weighted by Crippen LogP contribution is 2.34. The molecule has 0 saturated carbocycles. The van der Waals surface area contributed by atoms with Crippen LogP contribution < -0.4 is 10.6 Å². The molecular formula is C22H27FN4O2. The lowest BCUT2D eigenvalue weighted by Crippen LogP contribution is -2.35. The summed E-state index contributed by atoms with van der Waals surface area (Å²) >= 11 is 0. The van der Waals surface area contributed by atoms with Crippen molar-refractivity contribution in [1.82, 2.24) is 15.2 Å². The molecule has 2 aromatic rings. The number of aromatic amines is 1. The molecule has 0 bridgehead atoms. The van der Waals surface area contributed by atoms with Crippen molar-refractivity contribution in [3.05, 3.63) is 52.1 Å². The number of carbonyl (C=O) groups is 2. The molecule has 154 valence electrons. The monoisotopic (exact) mass is 401 g/mol. The van der Waals surface area contributed by atoms with Gasteiger partial charge in [-0.15, -0.1) is 0 Å². The van der Waals surface area contributed by atoms with E-state index < -0.39 is 24.5 Å². The summed E-state index contributed by atoms with van der Waals surface area (Å²) in [4.78, 5) is 30.4. The van der Waals surface area contributed by atoms with E-state index in [0.29, 0.717) is 30.0 Å². The zero-order valence-electron chi connectivity index (χ0n) is 19.8. The topological polar surface area (TPSA) is 77.2 Å². The van der Waals surface area contributed by atoms with Crippen molar-refractivity contribution in [2.45, 2.75) is 27.6 Å². The van der Waals surface area contributed by atoms with E-state index in [1.54, 1.807) is 6.92 Å². The number of aryl methyl sites for hydroxylation is 1. The number of hydrogen-bond acceptors (Lipinski definition) is 3. The van der Waals surface area contributed by atoms with E-state index in [9.17, 15) is 14.0 Å². The standard InChI is InChI=1S/C22H27FN4O2/c1-5-27(6-2)10-9-24-22(29)20-13(3)19(25-14(20)4)12-17-16-11-15(23)7-8-18(16)26-21(17)28/h7-8,11-12,25H,5-6,9-10H2,1-4H3,(H,24,29)(H,26,28)/b17-12-/i3D3. The summed E-state index contributed by atoms with van der Waals surface area (Å²) in [7, 11) is 0. The maximum atomic E-state index is 13.7. The Morgan fingerprint density at radius 3 is 2.79 bits per heavy atom. The van der Waals surface area contributed by atoms with Crippen molar-refractivity contribution in [2.24, 2.45) is 0 Å². The molecule has 7 heteroatoms. The van der Waals surface area contributed by atoms with Crippen LogP contribution in [0.1, 0.15) is 50.8 Å². The van der Waals surface area contributed by atoms with E-state index in [1.165, 1.54) is 24.3 Å². The number of likely N-dealkylation sites (N-methyl/N-ethyl adjacent to an activating group) is 1. The number of nitrogens with zero attached hydrogens (tertiary/aromatic N) is 1. The normalized spacial score (nSPS) is 16.4. The predicted molar refractivity (Wildman–Crippen MR) is 113 cm³/mol. The van der Waals surface area contributed by atoms with E-state index in [-0.39, 0.29) is 22.4 Å². The molecule has 1 aromatic heterocycles. The number of fused-ring (bicyclic) bond motifs is 1. The molecule has 1 aliphatic rings. The average Bonchev–Trinajstić information content (AvgIpc) is 3.21. The Morgan fingerprint density at radius 1 is 1.34 bits per heavy atom. The molecule has 0 radical (unpaired) electrons. The van der Waals surface area contributed by atoms with E-state index in [1.807, 2.05) is 13.8 Å². The van der Waals surface area contributed by atoms with Crippen LogP contribution in [0.4, 0.5) is 10.1 Å². The highest BCUT2D eigenvalue weighted by molar-refractivity contribution is 6.34. The third-order valence-electron chi connectivity index (χ3n) is 5.10. The van der Waals surface area contributed by atoms with Gasteiger partial charge >= 0.3 is 0 Å². The van der Waals surface area contributed by atoms with Gasteiger partial charge in [-0.25, -0.2) is 4.39 Å². The maximum Gasteiger partial charge on any atom is 0.256 e. The third-order valence-corrected chi connectivity index (χ3v) is 5.10. The summed E-state index contributed by atoms with van der Waals surface area (Å²) in [6.07, 6.45) is 1.36. The zero-order chi connectivity index (χ0) is 23.6. The molecule has 29 heavy (non-hydrogen) atoms. The molecule has 0 atom stereocenters. The number of nitrogens with one attached hydrogen (secondary N) is 3. The van der Waals surface area contributed by atoms with Gasteiger partial charge in [0, 0.05) is 39.8 Å². The van der Waals surface area contributed by atoms with E-state index in [0.717, 1.165) is 13.1 Å². The molecule has 2 amide bonds. The van der Waals surface area contributed by atoms with Crippen LogP contribution in [0.5, 0.6) is 0 Å². The van der Waals surface area contributed by atoms with Crippen molar-refractivity contribution in [3.8, 4) is 0 Å². The summed E-state index contributed by atoms with van der Waals surface area (Å²) in [5.74, 6) is -1.48. The third kappa shape index (κ3) is 4.24. The molecule has 0 saturated heterocycles. The van der Waals surface area contributed by atoms with Crippen LogP contribution in [0.3, 0.4) is 0 Å². The van der Waals surface area contributed by atoms with E-state index >= 15 is 0 Å². The Labute approximate surface area is 174 Å². The molecule has 0 unspecified atom stereocenters. The number of amides is 2. The number of halogens is 1. The smallest absolute Gasteiger partial charge is 0.256 e. The van der Waals surface area contributed by atoms with Gasteiger partial charge in [-0.3, -0.25) is 9.59 Å². The summed E-state index contributed by atoms with van der Waals surface area (Å²) in [6.45, 7) is 5.76. The summed E-state index contributed by atoms with van der Waals surface area (Å²) < 4.78 is 37.8.